The maximum absolute atomic E-state index is 14.3. The maximum atomic E-state index is 14.3. The number of carbonyl (C=O) groups excluding carboxylic acids is 3. The number of aromatic nitrogens is 4. The molecule has 342 valence electrons. The van der Waals surface area contributed by atoms with Crippen LogP contribution in [-0.4, -0.2) is 122 Å². The summed E-state index contributed by atoms with van der Waals surface area (Å²) in [7, 11) is 0. The number of phenolic OH excluding ortho intramolecular Hbond substituents is 1. The van der Waals surface area contributed by atoms with Crippen LogP contribution in [0.4, 0.5) is 16.3 Å². The van der Waals surface area contributed by atoms with E-state index in [2.05, 4.69) is 59.8 Å². The number of amides is 3. The molecule has 0 saturated carbocycles. The van der Waals surface area contributed by atoms with E-state index in [0.29, 0.717) is 54.8 Å². The number of nitrogens with one attached hydrogen (secondary N) is 2. The van der Waals surface area contributed by atoms with Crippen LogP contribution in [0.1, 0.15) is 81.6 Å². The van der Waals surface area contributed by atoms with Crippen molar-refractivity contribution in [1.29, 1.82) is 0 Å². The molecule has 4 aliphatic rings. The van der Waals surface area contributed by atoms with Crippen LogP contribution in [0.25, 0.3) is 21.7 Å². The van der Waals surface area contributed by atoms with Crippen molar-refractivity contribution in [3.05, 3.63) is 88.9 Å². The van der Waals surface area contributed by atoms with Crippen molar-refractivity contribution in [1.82, 2.24) is 40.4 Å². The first-order chi connectivity index (χ1) is 31.4. The molecule has 1 unspecified atom stereocenters. The topological polar surface area (TPSA) is 182 Å². The predicted octanol–water partition coefficient (Wildman–Crippen LogP) is 6.84. The molecule has 4 aliphatic heterocycles. The fourth-order valence-corrected chi connectivity index (χ4v) is 10.8. The van der Waals surface area contributed by atoms with E-state index in [1.54, 1.807) is 39.3 Å². The molecule has 0 aliphatic carbocycles. The van der Waals surface area contributed by atoms with Crippen LogP contribution in [0.15, 0.2) is 70.7 Å². The molecular formula is C48H58N10O6S. The summed E-state index contributed by atoms with van der Waals surface area (Å²) in [5.41, 5.74) is 7.62. The Morgan fingerprint density at radius 1 is 0.985 bits per heavy atom. The summed E-state index contributed by atoms with van der Waals surface area (Å²) in [5, 5.41) is 30.1. The molecule has 0 spiro atoms. The van der Waals surface area contributed by atoms with E-state index in [4.69, 9.17) is 9.26 Å². The first-order valence-electron chi connectivity index (χ1n) is 22.8. The second-order valence-corrected chi connectivity index (χ2v) is 19.2. The molecule has 3 saturated heterocycles. The van der Waals surface area contributed by atoms with E-state index in [-0.39, 0.29) is 48.1 Å². The van der Waals surface area contributed by atoms with Gasteiger partial charge in [-0.1, -0.05) is 62.3 Å². The van der Waals surface area contributed by atoms with Gasteiger partial charge in [0.1, 0.15) is 35.8 Å². The molecule has 65 heavy (non-hydrogen) atoms. The number of thiazole rings is 1. The van der Waals surface area contributed by atoms with Gasteiger partial charge in [0, 0.05) is 63.5 Å². The number of aryl methyl sites for hydroxylation is 1. The molecule has 3 aromatic heterocycles. The van der Waals surface area contributed by atoms with Crippen LogP contribution < -0.4 is 15.5 Å². The number of fused-ring (bicyclic) bond motifs is 3. The minimum atomic E-state index is -0.664. The summed E-state index contributed by atoms with van der Waals surface area (Å²) in [5.74, 6) is 0.309. The van der Waals surface area contributed by atoms with E-state index in [9.17, 15) is 19.5 Å². The zero-order chi connectivity index (χ0) is 45.4. The van der Waals surface area contributed by atoms with Gasteiger partial charge in [-0.25, -0.2) is 9.78 Å². The second kappa shape index (κ2) is 18.8. The van der Waals surface area contributed by atoms with Crippen molar-refractivity contribution >= 4 is 40.7 Å². The van der Waals surface area contributed by atoms with Crippen LogP contribution >= 0.6 is 11.3 Å². The largest absolute Gasteiger partial charge is 0.507 e. The first kappa shape index (κ1) is 44.1. The molecule has 2 aromatic carbocycles. The molecule has 5 atom stereocenters. The minimum absolute atomic E-state index is 0.0795. The fourth-order valence-electron chi connectivity index (χ4n) is 10.00. The van der Waals surface area contributed by atoms with Crippen molar-refractivity contribution in [3.63, 3.8) is 0 Å². The van der Waals surface area contributed by atoms with Gasteiger partial charge in [-0.2, -0.15) is 0 Å². The third kappa shape index (κ3) is 9.25. The number of carbonyl (C=O) groups is 3. The van der Waals surface area contributed by atoms with Gasteiger partial charge in [-0.15, -0.1) is 21.5 Å². The zero-order valence-electron chi connectivity index (χ0n) is 37.6. The number of piperidine rings is 1. The molecule has 3 amide bonds. The first-order valence-corrected chi connectivity index (χ1v) is 23.7. The highest BCUT2D eigenvalue weighted by atomic mass is 32.1. The Labute approximate surface area is 383 Å². The predicted molar refractivity (Wildman–Crippen MR) is 247 cm³/mol. The van der Waals surface area contributed by atoms with Gasteiger partial charge in [-0.05, 0) is 74.3 Å². The Morgan fingerprint density at radius 2 is 1.77 bits per heavy atom. The zero-order valence-corrected chi connectivity index (χ0v) is 38.5. The van der Waals surface area contributed by atoms with Crippen molar-refractivity contribution in [2.24, 2.45) is 11.8 Å². The maximum Gasteiger partial charge on any atom is 0.410 e. The normalized spacial score (nSPS) is 21.1. The number of nitrogens with zero attached hydrogens (tertiary/aromatic N) is 8. The smallest absolute Gasteiger partial charge is 0.410 e. The van der Waals surface area contributed by atoms with E-state index in [1.165, 1.54) is 0 Å². The number of para-hydroxylation sites is 1. The highest BCUT2D eigenvalue weighted by Crippen LogP contribution is 2.38. The molecule has 0 bridgehead atoms. The van der Waals surface area contributed by atoms with Crippen LogP contribution in [-0.2, 0) is 20.9 Å². The summed E-state index contributed by atoms with van der Waals surface area (Å²) < 4.78 is 11.5. The van der Waals surface area contributed by atoms with Gasteiger partial charge in [0.2, 0.25) is 11.8 Å². The van der Waals surface area contributed by atoms with Gasteiger partial charge < -0.3 is 39.7 Å². The van der Waals surface area contributed by atoms with Gasteiger partial charge >= 0.3 is 6.09 Å². The number of phenols is 1. The van der Waals surface area contributed by atoms with Gasteiger partial charge in [0.05, 0.1) is 39.5 Å². The summed E-state index contributed by atoms with van der Waals surface area (Å²) in [6, 6.07) is 18.8. The lowest BCUT2D eigenvalue weighted by Crippen LogP contribution is -2.61. The number of hydrogen-bond acceptors (Lipinski definition) is 14. The molecule has 17 heteroatoms. The quantitative estimate of drug-likeness (QED) is 0.125. The molecule has 7 heterocycles. The number of piperazine rings is 1. The lowest BCUT2D eigenvalue weighted by Gasteiger charge is -2.49. The monoisotopic (exact) mass is 902 g/mol. The lowest BCUT2D eigenvalue weighted by atomic mass is 9.91. The summed E-state index contributed by atoms with van der Waals surface area (Å²) in [4.78, 5) is 55.4. The average molecular weight is 903 g/mol. The Balaban J connectivity index is 0.756. The van der Waals surface area contributed by atoms with Crippen LogP contribution in [0, 0.1) is 18.8 Å². The second-order valence-electron chi connectivity index (χ2n) is 18.4. The van der Waals surface area contributed by atoms with Gasteiger partial charge in [0.15, 0.2) is 5.82 Å². The van der Waals surface area contributed by atoms with Crippen molar-refractivity contribution in [3.8, 4) is 27.4 Å². The molecule has 9 rings (SSSR count). The minimum Gasteiger partial charge on any atom is -0.507 e. The number of aromatic hydroxyl groups is 1. The Bertz CT molecular complexity index is 2500. The molecular weight excluding hydrogens is 845 g/mol. The summed E-state index contributed by atoms with van der Waals surface area (Å²) >= 11 is 1.61. The number of hydrogen-bond donors (Lipinski definition) is 3. The summed E-state index contributed by atoms with van der Waals surface area (Å²) in [6.07, 6.45) is 1.85. The third-order valence-corrected chi connectivity index (χ3v) is 14.5. The SMILES string of the molecule is Cc1ncsc1-c1ccc([C@H](C)NC(=O)[C@H]2C[C@@H](C)CN2C(=O)C(c2cc(COC(=O)N3CCC(N4CCN5c6cc(-c7ccccc7O)nnc6NC[C@H]5C4)CC3)no2)C(C)C)cc1. The number of benzene rings is 2. The molecule has 0 radical (unpaired) electrons. The van der Waals surface area contributed by atoms with Crippen LogP contribution in [0.2, 0.25) is 0 Å². The van der Waals surface area contributed by atoms with Crippen molar-refractivity contribution in [2.45, 2.75) is 90.6 Å². The van der Waals surface area contributed by atoms with Crippen molar-refractivity contribution in [2.75, 3.05) is 56.0 Å². The molecule has 3 N–H and O–H groups in total. The number of ether oxygens (including phenoxy) is 1. The van der Waals surface area contributed by atoms with Crippen LogP contribution in [0.5, 0.6) is 5.75 Å². The number of anilines is 2. The van der Waals surface area contributed by atoms with E-state index >= 15 is 0 Å². The average Bonchev–Trinajstić information content (AvgIpc) is 4.08. The van der Waals surface area contributed by atoms with Gasteiger partial charge in [-0.3, -0.25) is 14.5 Å². The van der Waals surface area contributed by atoms with Crippen LogP contribution in [0.3, 0.4) is 0 Å². The standard InChI is InChI=1S/C48H58N10O6S/c1-28(2)43(47(61)58-24-29(3)20-40(58)46(60)51-30(4)32-10-12-33(13-11-32)44-31(5)50-27-65-44)42-21-34(54-64-42)26-63-48(62)55-16-14-35(15-17-55)56-18-19-57-36(25-56)23-49-45-39(57)22-38(52-53-45)37-8-6-7-9-41(37)59/h6-13,21-22,27-30,35-36,40,43,59H,14-20,23-26H2,1-5H3,(H,49,53)(H,51,60)/t29-,30+,36+,40-,43?/m1/s1. The highest BCUT2D eigenvalue weighted by molar-refractivity contribution is 7.13. The lowest BCUT2D eigenvalue weighted by molar-refractivity contribution is -0.141. The number of likely N-dealkylation sites (tertiary alicyclic amines) is 2. The fraction of sp³-hybridized carbons (Fsp3) is 0.479. The molecule has 3 fully saturated rings. The summed E-state index contributed by atoms with van der Waals surface area (Å²) in [6.45, 7) is 14.9. The molecule has 5 aromatic rings. The number of rotatable bonds is 11. The Hall–Kier alpha value is -6.07. The Morgan fingerprint density at radius 3 is 2.51 bits per heavy atom. The molecule has 16 nitrogen and oxygen atoms in total. The highest BCUT2D eigenvalue weighted by Gasteiger charge is 2.43. The van der Waals surface area contributed by atoms with E-state index in [1.807, 2.05) is 63.5 Å². The van der Waals surface area contributed by atoms with E-state index in [0.717, 1.165) is 72.2 Å². The van der Waals surface area contributed by atoms with E-state index < -0.39 is 18.1 Å². The Kier molecular flexibility index (Phi) is 12.8. The van der Waals surface area contributed by atoms with Crippen molar-refractivity contribution < 1.29 is 28.8 Å². The third-order valence-electron chi connectivity index (χ3n) is 13.6. The van der Waals surface area contributed by atoms with Gasteiger partial charge in [0.25, 0.3) is 0 Å².